The molecule has 0 bridgehead atoms. The zero-order valence-corrected chi connectivity index (χ0v) is 20.0. The van der Waals surface area contributed by atoms with E-state index in [1.165, 1.54) is 21.5 Å². The molecule has 152 valence electrons. The Morgan fingerprint density at radius 1 is 0.533 bits per heavy atom. The first-order valence-electron chi connectivity index (χ1n) is 10.4. The summed E-state index contributed by atoms with van der Waals surface area (Å²) >= 11 is 0. The minimum Gasteiger partial charge on any atom is -0.114 e. The Morgan fingerprint density at radius 2 is 0.867 bits per heavy atom. The van der Waals surface area contributed by atoms with Gasteiger partial charge in [0.05, 0.1) is 6.16 Å². The van der Waals surface area contributed by atoms with Crippen LogP contribution in [0.25, 0.3) is 0 Å². The summed E-state index contributed by atoms with van der Waals surface area (Å²) < 4.78 is 0. The van der Waals surface area contributed by atoms with E-state index in [1.807, 2.05) is 0 Å². The first-order valence-corrected chi connectivity index (χ1v) is 12.4. The van der Waals surface area contributed by atoms with Crippen LogP contribution < -0.4 is 15.9 Å². The Balaban J connectivity index is 0.00000256. The van der Waals surface area contributed by atoms with Crippen molar-refractivity contribution < 1.29 is 0 Å². The van der Waals surface area contributed by atoms with Crippen molar-refractivity contribution in [2.24, 2.45) is 0 Å². The lowest BCUT2D eigenvalue weighted by molar-refractivity contribution is 0.740. The predicted molar refractivity (Wildman–Crippen MR) is 140 cm³/mol. The molecule has 1 unspecified atom stereocenters. The van der Waals surface area contributed by atoms with Crippen molar-refractivity contribution in [3.05, 3.63) is 127 Å². The van der Waals surface area contributed by atoms with Crippen LogP contribution >= 0.6 is 24.2 Å². The van der Waals surface area contributed by atoms with E-state index in [0.717, 1.165) is 12.6 Å². The van der Waals surface area contributed by atoms with Crippen molar-refractivity contribution in [3.63, 3.8) is 0 Å². The van der Waals surface area contributed by atoms with E-state index in [2.05, 4.69) is 128 Å². The molecule has 0 amide bonds. The Hall–Kier alpha value is -2.21. The van der Waals surface area contributed by atoms with Crippen LogP contribution in [0, 0.1) is 0 Å². The van der Waals surface area contributed by atoms with Crippen molar-refractivity contribution >= 4 is 40.2 Å². The molecule has 0 radical (unpaired) electrons. The van der Waals surface area contributed by atoms with E-state index in [-0.39, 0.29) is 17.0 Å². The monoisotopic (exact) mass is 475 g/mol. The van der Waals surface area contributed by atoms with Gasteiger partial charge in [0.2, 0.25) is 0 Å². The SMILES string of the molecule is Br.CCC(C[P+](c1ccccc1)(c1ccccc1)c1ccccc1)c1ccccc1. The number of benzene rings is 4. The number of hydrogen-bond acceptors (Lipinski definition) is 0. The van der Waals surface area contributed by atoms with Gasteiger partial charge in [-0.3, -0.25) is 0 Å². The minimum absolute atomic E-state index is 0. The third kappa shape index (κ3) is 4.59. The molecule has 0 saturated heterocycles. The highest BCUT2D eigenvalue weighted by atomic mass is 79.9. The average Bonchev–Trinajstić information content (AvgIpc) is 2.82. The Labute approximate surface area is 192 Å². The van der Waals surface area contributed by atoms with Gasteiger partial charge in [0.1, 0.15) is 23.2 Å². The van der Waals surface area contributed by atoms with Gasteiger partial charge in [-0.25, -0.2) is 0 Å². The standard InChI is InChI=1S/C28H28P.BrH/c1-2-24(25-15-7-3-8-16-25)23-29(26-17-9-4-10-18-26,27-19-11-5-12-20-27)28-21-13-6-14-22-28;/h3-22,24H,2,23H2,1H3;1H/q+1;. The third-order valence-corrected chi connectivity index (χ3v) is 10.4. The van der Waals surface area contributed by atoms with E-state index in [9.17, 15) is 0 Å². The Bertz CT molecular complexity index is 905. The lowest BCUT2D eigenvalue weighted by atomic mass is 9.99. The van der Waals surface area contributed by atoms with E-state index < -0.39 is 7.26 Å². The molecule has 4 aromatic rings. The summed E-state index contributed by atoms with van der Waals surface area (Å²) in [5.41, 5.74) is 1.45. The highest BCUT2D eigenvalue weighted by Gasteiger charge is 2.46. The van der Waals surface area contributed by atoms with Crippen molar-refractivity contribution in [1.29, 1.82) is 0 Å². The lowest BCUT2D eigenvalue weighted by Gasteiger charge is -2.31. The maximum absolute atomic E-state index is 2.34. The Kier molecular flexibility index (Phi) is 8.02. The zero-order chi connectivity index (χ0) is 19.9. The van der Waals surface area contributed by atoms with Crippen LogP contribution in [0.5, 0.6) is 0 Å². The summed E-state index contributed by atoms with van der Waals surface area (Å²) in [5, 5.41) is 4.39. The maximum Gasteiger partial charge on any atom is 0.112 e. The molecule has 0 nitrogen and oxygen atoms in total. The highest BCUT2D eigenvalue weighted by Crippen LogP contribution is 2.58. The quantitative estimate of drug-likeness (QED) is 0.259. The van der Waals surface area contributed by atoms with Gasteiger partial charge in [-0.2, -0.15) is 0 Å². The summed E-state index contributed by atoms with van der Waals surface area (Å²) in [6.07, 6.45) is 2.28. The normalized spacial score (nSPS) is 12.0. The number of rotatable bonds is 7. The Morgan fingerprint density at radius 3 is 1.20 bits per heavy atom. The van der Waals surface area contributed by atoms with E-state index in [4.69, 9.17) is 0 Å². The van der Waals surface area contributed by atoms with Crippen LogP contribution in [-0.4, -0.2) is 6.16 Å². The maximum atomic E-state index is 2.34. The van der Waals surface area contributed by atoms with Gasteiger partial charge in [0.25, 0.3) is 0 Å². The fraction of sp³-hybridized carbons (Fsp3) is 0.143. The summed E-state index contributed by atoms with van der Waals surface area (Å²) in [6, 6.07) is 44.6. The molecule has 1 atom stereocenters. The minimum atomic E-state index is -1.79. The van der Waals surface area contributed by atoms with Gasteiger partial charge in [-0.15, -0.1) is 17.0 Å². The van der Waals surface area contributed by atoms with Gasteiger partial charge in [-0.1, -0.05) is 91.9 Å². The molecule has 0 fully saturated rings. The molecular formula is C28H29BrP+. The van der Waals surface area contributed by atoms with Crippen LogP contribution in [0.2, 0.25) is 0 Å². The van der Waals surface area contributed by atoms with Crippen molar-refractivity contribution in [3.8, 4) is 0 Å². The fourth-order valence-corrected chi connectivity index (χ4v) is 9.04. The van der Waals surface area contributed by atoms with Crippen molar-refractivity contribution in [2.75, 3.05) is 6.16 Å². The van der Waals surface area contributed by atoms with Crippen LogP contribution in [0.3, 0.4) is 0 Å². The van der Waals surface area contributed by atoms with E-state index in [1.54, 1.807) is 0 Å². The number of hydrogen-bond donors (Lipinski definition) is 0. The molecule has 0 spiro atoms. The van der Waals surface area contributed by atoms with Gasteiger partial charge >= 0.3 is 0 Å². The molecule has 4 rings (SSSR count). The van der Waals surface area contributed by atoms with Gasteiger partial charge in [0.15, 0.2) is 0 Å². The number of halogens is 1. The largest absolute Gasteiger partial charge is 0.114 e. The molecule has 0 aliphatic carbocycles. The fourth-order valence-electron chi connectivity index (χ4n) is 4.34. The molecule has 0 N–H and O–H groups in total. The molecule has 0 saturated carbocycles. The van der Waals surface area contributed by atoms with Crippen LogP contribution in [0.15, 0.2) is 121 Å². The van der Waals surface area contributed by atoms with Crippen LogP contribution in [0.4, 0.5) is 0 Å². The average molecular weight is 476 g/mol. The third-order valence-electron chi connectivity index (χ3n) is 5.85. The summed E-state index contributed by atoms with van der Waals surface area (Å²) in [6.45, 7) is 2.33. The topological polar surface area (TPSA) is 0 Å². The molecule has 4 aromatic carbocycles. The second-order valence-electron chi connectivity index (χ2n) is 7.51. The summed E-state index contributed by atoms with van der Waals surface area (Å²) in [5.74, 6) is 0.519. The van der Waals surface area contributed by atoms with Gasteiger partial charge < -0.3 is 0 Å². The summed E-state index contributed by atoms with van der Waals surface area (Å²) in [4.78, 5) is 0. The predicted octanol–water partition coefficient (Wildman–Crippen LogP) is 6.75. The molecule has 0 heterocycles. The lowest BCUT2D eigenvalue weighted by Crippen LogP contribution is -2.35. The molecule has 30 heavy (non-hydrogen) atoms. The van der Waals surface area contributed by atoms with Crippen LogP contribution in [-0.2, 0) is 0 Å². The van der Waals surface area contributed by atoms with E-state index in [0.29, 0.717) is 5.92 Å². The second-order valence-corrected chi connectivity index (χ2v) is 11.0. The van der Waals surface area contributed by atoms with Gasteiger partial charge in [-0.05, 0) is 48.4 Å². The molecule has 0 aromatic heterocycles. The first-order chi connectivity index (χ1) is 14.3. The second kappa shape index (κ2) is 10.7. The molecule has 2 heteroatoms. The first kappa shape index (κ1) is 22.5. The van der Waals surface area contributed by atoms with Crippen molar-refractivity contribution in [2.45, 2.75) is 19.3 Å². The molecule has 0 aliphatic rings. The summed E-state index contributed by atoms with van der Waals surface area (Å²) in [7, 11) is -1.79. The van der Waals surface area contributed by atoms with E-state index >= 15 is 0 Å². The van der Waals surface area contributed by atoms with Crippen molar-refractivity contribution in [1.82, 2.24) is 0 Å². The van der Waals surface area contributed by atoms with Gasteiger partial charge in [0, 0.05) is 5.92 Å². The smallest absolute Gasteiger partial charge is 0.112 e. The molecule has 0 aliphatic heterocycles. The highest BCUT2D eigenvalue weighted by molar-refractivity contribution is 8.93. The molecular weight excluding hydrogens is 447 g/mol. The zero-order valence-electron chi connectivity index (χ0n) is 17.4. The van der Waals surface area contributed by atoms with Crippen LogP contribution in [0.1, 0.15) is 24.8 Å².